The van der Waals surface area contributed by atoms with E-state index in [4.69, 9.17) is 10.3 Å². The number of nitrogens with zero attached hydrogens (tertiary/aromatic N) is 3. The monoisotopic (exact) mass is 357 g/mol. The minimum absolute atomic E-state index is 0.0269. The average Bonchev–Trinajstić information content (AvgIpc) is 2.56. The largest absolute Gasteiger partial charge is 0.393 e. The van der Waals surface area contributed by atoms with Crippen LogP contribution < -0.4 is 10.6 Å². The van der Waals surface area contributed by atoms with Gasteiger partial charge in [-0.2, -0.15) is 0 Å². The van der Waals surface area contributed by atoms with Gasteiger partial charge in [-0.05, 0) is 24.4 Å². The van der Waals surface area contributed by atoms with E-state index in [9.17, 15) is 30.0 Å². The fourth-order valence-corrected chi connectivity index (χ4v) is 2.69. The number of aliphatic hydroxyl groups is 4. The van der Waals surface area contributed by atoms with Crippen LogP contribution >= 0.6 is 0 Å². The Labute approximate surface area is 141 Å². The van der Waals surface area contributed by atoms with Crippen LogP contribution in [0.1, 0.15) is 13.3 Å². The third-order valence-electron chi connectivity index (χ3n) is 4.20. The molecule has 0 aromatic heterocycles. The molecule has 0 radical (unpaired) electrons. The fraction of sp³-hybridized carbons (Fsp3) is 0.692. The number of aliphatic hydroxyl groups excluding tert-OH is 2. The summed E-state index contributed by atoms with van der Waals surface area (Å²) in [6.45, 7) is -0.231. The summed E-state index contributed by atoms with van der Waals surface area (Å²) in [6, 6.07) is 0. The number of ether oxygens (including phenoxy) is 1. The number of fused-ring (bicyclic) bond motifs is 5. The van der Waals surface area contributed by atoms with Crippen molar-refractivity contribution in [1.29, 1.82) is 0 Å². The van der Waals surface area contributed by atoms with E-state index in [1.807, 2.05) is 0 Å². The molecule has 12 heteroatoms. The van der Waals surface area contributed by atoms with Crippen molar-refractivity contribution >= 4 is 11.8 Å². The number of azide groups is 1. The van der Waals surface area contributed by atoms with E-state index < -0.39 is 41.6 Å². The number of carbonyl (C=O) groups is 2. The predicted octanol–water partition coefficient (Wildman–Crippen LogP) is -2.62. The van der Waals surface area contributed by atoms with Crippen LogP contribution in [-0.4, -0.2) is 75.2 Å². The molecular weight excluding hydrogens is 338 g/mol. The molecule has 2 bridgehead atoms. The van der Waals surface area contributed by atoms with Gasteiger partial charge in [0.2, 0.25) is 5.72 Å². The lowest BCUT2D eigenvalue weighted by atomic mass is 9.84. The molecule has 0 unspecified atom stereocenters. The second-order valence-electron chi connectivity index (χ2n) is 6.01. The normalized spacial score (nSPS) is 34.2. The number of hydrogen-bond donors (Lipinski definition) is 6. The number of rotatable bonds is 5. The van der Waals surface area contributed by atoms with Crippen LogP contribution in [0, 0.1) is 0 Å². The molecule has 12 nitrogen and oxygen atoms in total. The Morgan fingerprint density at radius 3 is 2.76 bits per heavy atom. The van der Waals surface area contributed by atoms with Crippen molar-refractivity contribution in [3.63, 3.8) is 0 Å². The van der Waals surface area contributed by atoms with Crippen molar-refractivity contribution in [3.8, 4) is 0 Å². The lowest BCUT2D eigenvalue weighted by Crippen LogP contribution is -2.82. The molecule has 3 aliphatic rings. The summed E-state index contributed by atoms with van der Waals surface area (Å²) in [6.07, 6.45) is -0.769. The van der Waals surface area contributed by atoms with Crippen molar-refractivity contribution in [3.05, 3.63) is 22.1 Å². The Hall–Kier alpha value is -2.21. The van der Waals surface area contributed by atoms with E-state index in [1.165, 1.54) is 6.08 Å². The highest BCUT2D eigenvalue weighted by Crippen LogP contribution is 2.33. The van der Waals surface area contributed by atoms with Gasteiger partial charge in [0.05, 0.1) is 13.2 Å². The molecule has 3 heterocycles. The van der Waals surface area contributed by atoms with E-state index >= 15 is 0 Å². The highest BCUT2D eigenvalue weighted by Gasteiger charge is 2.63. The lowest BCUT2D eigenvalue weighted by molar-refractivity contribution is -0.230. The Morgan fingerprint density at radius 1 is 1.48 bits per heavy atom. The zero-order valence-electron chi connectivity index (χ0n) is 13.3. The second-order valence-corrected chi connectivity index (χ2v) is 6.01. The molecule has 3 saturated heterocycles. The van der Waals surface area contributed by atoms with Crippen LogP contribution in [0.2, 0.25) is 0 Å². The zero-order valence-corrected chi connectivity index (χ0v) is 13.3. The number of nitrogens with one attached hydrogen (secondary N) is 2. The van der Waals surface area contributed by atoms with Gasteiger partial charge in [0.1, 0.15) is 11.7 Å². The smallest absolute Gasteiger partial charge is 0.280 e. The minimum Gasteiger partial charge on any atom is -0.393 e. The molecule has 25 heavy (non-hydrogen) atoms. The first-order valence-electron chi connectivity index (χ1n) is 7.37. The zero-order chi connectivity index (χ0) is 18.9. The molecule has 4 atom stereocenters. The SMILES string of the molecule is C[C@](O)(CO)[C@@H](O)[C@@]12NC(=O)[C@@](O)(NC1=O)/C(=C/CN=[N+]=[N-])CCO2. The molecule has 3 rings (SSSR count). The molecule has 6 N–H and O–H groups in total. The first kappa shape index (κ1) is 19.1. The summed E-state index contributed by atoms with van der Waals surface area (Å²) in [5.41, 5.74) is 1.38. The van der Waals surface area contributed by atoms with Gasteiger partial charge in [0.15, 0.2) is 0 Å². The molecule has 0 spiro atoms. The number of amides is 2. The standard InChI is InChI=1S/C13H19N5O7/c1-11(23,6-19)8(20)13-10(22)16-12(24,9(21)17-13)7(3-5-25-13)2-4-15-18-14/h2,8,19-20,23-24H,3-6H2,1H3,(H,16,22)(H,17,21)/b7-2+/t8-,11+,12-,13+/m1/s1. The van der Waals surface area contributed by atoms with E-state index in [2.05, 4.69) is 20.7 Å². The van der Waals surface area contributed by atoms with Crippen LogP contribution in [0.15, 0.2) is 16.8 Å². The summed E-state index contributed by atoms with van der Waals surface area (Å²) in [7, 11) is 0. The van der Waals surface area contributed by atoms with Crippen molar-refractivity contribution in [2.75, 3.05) is 19.8 Å². The Kier molecular flexibility index (Phi) is 5.04. The molecule has 0 aromatic carbocycles. The van der Waals surface area contributed by atoms with Crippen LogP contribution in [0.4, 0.5) is 0 Å². The average molecular weight is 357 g/mol. The van der Waals surface area contributed by atoms with Gasteiger partial charge in [-0.3, -0.25) is 9.59 Å². The topological polar surface area (TPSA) is 197 Å². The molecule has 2 amide bonds. The fourth-order valence-electron chi connectivity index (χ4n) is 2.69. The van der Waals surface area contributed by atoms with Gasteiger partial charge < -0.3 is 35.8 Å². The summed E-state index contributed by atoms with van der Waals surface area (Å²) in [4.78, 5) is 27.5. The quantitative estimate of drug-likeness (QED) is 0.134. The Morgan fingerprint density at radius 2 is 2.16 bits per heavy atom. The third kappa shape index (κ3) is 3.06. The van der Waals surface area contributed by atoms with Gasteiger partial charge in [-0.15, -0.1) is 0 Å². The number of hydrogen-bond acceptors (Lipinski definition) is 8. The summed E-state index contributed by atoms with van der Waals surface area (Å²) < 4.78 is 5.35. The van der Waals surface area contributed by atoms with Crippen molar-refractivity contribution in [2.45, 2.75) is 36.5 Å². The summed E-state index contributed by atoms with van der Waals surface area (Å²) in [5, 5.41) is 47.6. The van der Waals surface area contributed by atoms with Gasteiger partial charge >= 0.3 is 0 Å². The van der Waals surface area contributed by atoms with E-state index in [1.54, 1.807) is 0 Å². The van der Waals surface area contributed by atoms with Crippen LogP contribution in [0.5, 0.6) is 0 Å². The maximum atomic E-state index is 12.5. The van der Waals surface area contributed by atoms with Crippen LogP contribution in [0.25, 0.3) is 10.4 Å². The third-order valence-corrected chi connectivity index (χ3v) is 4.20. The van der Waals surface area contributed by atoms with Crippen LogP contribution in [-0.2, 0) is 14.3 Å². The number of carbonyl (C=O) groups excluding carboxylic acids is 2. The number of piperazine rings is 1. The maximum absolute atomic E-state index is 12.5. The highest BCUT2D eigenvalue weighted by atomic mass is 16.5. The molecule has 138 valence electrons. The van der Waals surface area contributed by atoms with Crippen molar-refractivity contribution < 1.29 is 34.8 Å². The predicted molar refractivity (Wildman–Crippen MR) is 80.3 cm³/mol. The molecule has 3 fully saturated rings. The van der Waals surface area contributed by atoms with E-state index in [-0.39, 0.29) is 25.1 Å². The van der Waals surface area contributed by atoms with Gasteiger partial charge in [0.25, 0.3) is 17.5 Å². The van der Waals surface area contributed by atoms with Gasteiger partial charge in [0, 0.05) is 11.5 Å². The molecular formula is C13H19N5O7. The second kappa shape index (κ2) is 6.59. The molecule has 0 aromatic rings. The Balaban J connectivity index is 2.43. The molecule has 0 saturated carbocycles. The van der Waals surface area contributed by atoms with Crippen molar-refractivity contribution in [2.24, 2.45) is 5.11 Å². The summed E-state index contributed by atoms with van der Waals surface area (Å²) in [5.74, 6) is -2.21. The Bertz CT molecular complexity index is 659. The minimum atomic E-state index is -2.42. The maximum Gasteiger partial charge on any atom is 0.280 e. The highest BCUT2D eigenvalue weighted by molar-refractivity contribution is 6.03. The first-order valence-corrected chi connectivity index (χ1v) is 7.37. The van der Waals surface area contributed by atoms with Gasteiger partial charge in [-0.25, -0.2) is 0 Å². The lowest BCUT2D eigenvalue weighted by Gasteiger charge is -2.50. The van der Waals surface area contributed by atoms with E-state index in [0.29, 0.717) is 0 Å². The van der Waals surface area contributed by atoms with E-state index in [0.717, 1.165) is 6.92 Å². The van der Waals surface area contributed by atoms with Crippen molar-refractivity contribution in [1.82, 2.24) is 10.6 Å². The summed E-state index contributed by atoms with van der Waals surface area (Å²) >= 11 is 0. The van der Waals surface area contributed by atoms with Crippen LogP contribution in [0.3, 0.4) is 0 Å². The van der Waals surface area contributed by atoms with Gasteiger partial charge in [-0.1, -0.05) is 11.2 Å². The first-order chi connectivity index (χ1) is 11.6. The molecule has 3 aliphatic heterocycles. The molecule has 0 aliphatic carbocycles.